The van der Waals surface area contributed by atoms with Crippen molar-refractivity contribution in [3.8, 4) is 28.0 Å². The van der Waals surface area contributed by atoms with Gasteiger partial charge in [0.15, 0.2) is 0 Å². The highest BCUT2D eigenvalue weighted by Gasteiger charge is 2.20. The molecule has 21 heavy (non-hydrogen) atoms. The predicted molar refractivity (Wildman–Crippen MR) is 86.5 cm³/mol. The minimum Gasteiger partial charge on any atom is -0.493 e. The van der Waals surface area contributed by atoms with Gasteiger partial charge in [-0.15, -0.1) is 0 Å². The molecule has 0 aromatic heterocycles. The Kier molecular flexibility index (Phi) is 2.97. The first-order valence-electron chi connectivity index (χ1n) is 7.33. The molecule has 3 aromatic rings. The largest absolute Gasteiger partial charge is 0.493 e. The molecule has 0 spiro atoms. The molecule has 0 saturated carbocycles. The number of ether oxygens (including phenoxy) is 1. The molecule has 1 heteroatoms. The lowest BCUT2D eigenvalue weighted by atomic mass is 9.89. The van der Waals surface area contributed by atoms with E-state index in [-0.39, 0.29) is 0 Å². The van der Waals surface area contributed by atoms with Crippen molar-refractivity contribution in [2.24, 2.45) is 0 Å². The van der Waals surface area contributed by atoms with Gasteiger partial charge in [-0.25, -0.2) is 0 Å². The summed E-state index contributed by atoms with van der Waals surface area (Å²) in [7, 11) is 0. The van der Waals surface area contributed by atoms with Crippen LogP contribution >= 0.6 is 0 Å². The Labute approximate surface area is 124 Å². The number of hydrogen-bond donors (Lipinski definition) is 0. The normalized spacial score (nSPS) is 12.8. The molecule has 4 rings (SSSR count). The number of benzene rings is 3. The zero-order chi connectivity index (χ0) is 14.1. The summed E-state index contributed by atoms with van der Waals surface area (Å²) in [6.45, 7) is 0.785. The first-order chi connectivity index (χ1) is 10.4. The maximum Gasteiger partial charge on any atom is 0.123 e. The average molecular weight is 272 g/mol. The van der Waals surface area contributed by atoms with Gasteiger partial charge < -0.3 is 4.74 Å². The Hall–Kier alpha value is -2.54. The quantitative estimate of drug-likeness (QED) is 0.641. The Bertz CT molecular complexity index is 761. The van der Waals surface area contributed by atoms with Crippen LogP contribution in [0.25, 0.3) is 22.3 Å². The van der Waals surface area contributed by atoms with Gasteiger partial charge in [0, 0.05) is 12.0 Å². The van der Waals surface area contributed by atoms with Gasteiger partial charge in [0.05, 0.1) is 6.61 Å². The molecular formula is C20H16O. The van der Waals surface area contributed by atoms with Crippen LogP contribution in [0.3, 0.4) is 0 Å². The van der Waals surface area contributed by atoms with Crippen LogP contribution in [0, 0.1) is 0 Å². The average Bonchev–Trinajstić information content (AvgIpc) is 3.04. The molecule has 1 aliphatic rings. The lowest BCUT2D eigenvalue weighted by Gasteiger charge is -2.14. The summed E-state index contributed by atoms with van der Waals surface area (Å²) in [4.78, 5) is 0. The Morgan fingerprint density at radius 2 is 1.33 bits per heavy atom. The van der Waals surface area contributed by atoms with E-state index in [1.165, 1.54) is 27.8 Å². The number of fused-ring (bicyclic) bond motifs is 1. The summed E-state index contributed by atoms with van der Waals surface area (Å²) < 4.78 is 5.75. The van der Waals surface area contributed by atoms with Crippen LogP contribution in [-0.2, 0) is 6.42 Å². The van der Waals surface area contributed by atoms with E-state index < -0.39 is 0 Å². The van der Waals surface area contributed by atoms with E-state index in [9.17, 15) is 0 Å². The molecule has 1 aliphatic heterocycles. The number of hydrogen-bond acceptors (Lipinski definition) is 1. The fraction of sp³-hybridized carbons (Fsp3) is 0.100. The molecular weight excluding hydrogens is 256 g/mol. The second-order valence-corrected chi connectivity index (χ2v) is 5.30. The van der Waals surface area contributed by atoms with E-state index in [2.05, 4.69) is 72.8 Å². The monoisotopic (exact) mass is 272 g/mol. The van der Waals surface area contributed by atoms with Crippen LogP contribution in [0.1, 0.15) is 5.56 Å². The highest BCUT2D eigenvalue weighted by atomic mass is 16.5. The van der Waals surface area contributed by atoms with Crippen molar-refractivity contribution in [3.63, 3.8) is 0 Å². The second-order valence-electron chi connectivity index (χ2n) is 5.30. The van der Waals surface area contributed by atoms with Gasteiger partial charge >= 0.3 is 0 Å². The van der Waals surface area contributed by atoms with Crippen LogP contribution in [-0.4, -0.2) is 6.61 Å². The summed E-state index contributed by atoms with van der Waals surface area (Å²) >= 11 is 0. The Morgan fingerprint density at radius 1 is 0.667 bits per heavy atom. The maximum absolute atomic E-state index is 5.75. The summed E-state index contributed by atoms with van der Waals surface area (Å²) in [5.41, 5.74) is 6.45. The van der Waals surface area contributed by atoms with Gasteiger partial charge in [-0.2, -0.15) is 0 Å². The van der Waals surface area contributed by atoms with E-state index in [4.69, 9.17) is 4.74 Å². The van der Waals surface area contributed by atoms with Crippen molar-refractivity contribution in [2.45, 2.75) is 6.42 Å². The molecule has 0 unspecified atom stereocenters. The minimum absolute atomic E-state index is 0.785. The standard InChI is InChI=1S/C20H16O/c1-3-7-15(8-4-1)17-11-12-19-18(13-14-21-19)20(17)16-9-5-2-6-10-16/h1-12H,13-14H2. The molecule has 0 N–H and O–H groups in total. The maximum atomic E-state index is 5.75. The molecule has 102 valence electrons. The van der Waals surface area contributed by atoms with Crippen LogP contribution in [0.5, 0.6) is 5.75 Å². The second kappa shape index (κ2) is 5.10. The van der Waals surface area contributed by atoms with Crippen LogP contribution in [0.4, 0.5) is 0 Å². The molecule has 0 fully saturated rings. The molecule has 0 radical (unpaired) electrons. The van der Waals surface area contributed by atoms with Gasteiger partial charge in [-0.3, -0.25) is 0 Å². The summed E-state index contributed by atoms with van der Waals surface area (Å²) in [5, 5.41) is 0. The summed E-state index contributed by atoms with van der Waals surface area (Å²) in [6.07, 6.45) is 0.986. The zero-order valence-corrected chi connectivity index (χ0v) is 11.8. The lowest BCUT2D eigenvalue weighted by molar-refractivity contribution is 0.357. The van der Waals surface area contributed by atoms with Crippen LogP contribution in [0.2, 0.25) is 0 Å². The first kappa shape index (κ1) is 12.2. The van der Waals surface area contributed by atoms with Crippen LogP contribution in [0.15, 0.2) is 72.8 Å². The van der Waals surface area contributed by atoms with E-state index in [1.54, 1.807) is 0 Å². The summed E-state index contributed by atoms with van der Waals surface area (Å²) in [6, 6.07) is 25.5. The van der Waals surface area contributed by atoms with E-state index in [1.807, 2.05) is 0 Å². The van der Waals surface area contributed by atoms with Crippen molar-refractivity contribution in [3.05, 3.63) is 78.4 Å². The highest BCUT2D eigenvalue weighted by Crippen LogP contribution is 2.41. The smallest absolute Gasteiger partial charge is 0.123 e. The molecule has 0 saturated heterocycles. The predicted octanol–water partition coefficient (Wildman–Crippen LogP) is 4.96. The summed E-state index contributed by atoms with van der Waals surface area (Å²) in [5.74, 6) is 1.04. The Balaban J connectivity index is 2.00. The van der Waals surface area contributed by atoms with Gasteiger partial charge in [-0.05, 0) is 28.3 Å². The molecule has 0 aliphatic carbocycles. The third kappa shape index (κ3) is 2.11. The SMILES string of the molecule is c1ccc(-c2ccc3c(c2-c2ccccc2)CCO3)cc1. The third-order valence-corrected chi connectivity index (χ3v) is 4.03. The van der Waals surface area contributed by atoms with Gasteiger partial charge in [0.1, 0.15) is 5.75 Å². The topological polar surface area (TPSA) is 9.23 Å². The molecule has 0 bridgehead atoms. The van der Waals surface area contributed by atoms with Gasteiger partial charge in [-0.1, -0.05) is 66.7 Å². The number of rotatable bonds is 2. The van der Waals surface area contributed by atoms with E-state index in [0.717, 1.165) is 18.8 Å². The van der Waals surface area contributed by atoms with Crippen molar-refractivity contribution in [2.75, 3.05) is 6.61 Å². The molecule has 0 amide bonds. The van der Waals surface area contributed by atoms with E-state index in [0.29, 0.717) is 0 Å². The van der Waals surface area contributed by atoms with Crippen molar-refractivity contribution in [1.82, 2.24) is 0 Å². The Morgan fingerprint density at radius 3 is 2.05 bits per heavy atom. The fourth-order valence-electron chi connectivity index (χ4n) is 3.07. The minimum atomic E-state index is 0.785. The van der Waals surface area contributed by atoms with Crippen molar-refractivity contribution >= 4 is 0 Å². The molecule has 0 atom stereocenters. The first-order valence-corrected chi connectivity index (χ1v) is 7.33. The van der Waals surface area contributed by atoms with Gasteiger partial charge in [0.2, 0.25) is 0 Å². The van der Waals surface area contributed by atoms with Crippen LogP contribution < -0.4 is 4.74 Å². The highest BCUT2D eigenvalue weighted by molar-refractivity contribution is 5.87. The van der Waals surface area contributed by atoms with Crippen molar-refractivity contribution < 1.29 is 4.74 Å². The molecule has 1 nitrogen and oxygen atoms in total. The van der Waals surface area contributed by atoms with Gasteiger partial charge in [0.25, 0.3) is 0 Å². The molecule has 3 aromatic carbocycles. The fourth-order valence-corrected chi connectivity index (χ4v) is 3.07. The van der Waals surface area contributed by atoms with E-state index >= 15 is 0 Å². The third-order valence-electron chi connectivity index (χ3n) is 4.03. The lowest BCUT2D eigenvalue weighted by Crippen LogP contribution is -1.91. The van der Waals surface area contributed by atoms with Crippen molar-refractivity contribution in [1.29, 1.82) is 0 Å². The molecule has 1 heterocycles. The zero-order valence-electron chi connectivity index (χ0n) is 11.8.